The lowest BCUT2D eigenvalue weighted by atomic mass is 9.67. The molecule has 5 aromatic carbocycles. The molecule has 0 bridgehead atoms. The highest BCUT2D eigenvalue weighted by Gasteiger charge is 2.46. The topological polar surface area (TPSA) is 72.3 Å². The molecule has 5 aromatic rings. The summed E-state index contributed by atoms with van der Waals surface area (Å²) in [5.41, 5.74) is 21.9. The molecule has 164 valence electrons. The van der Waals surface area contributed by atoms with Gasteiger partial charge in [-0.1, -0.05) is 72.8 Å². The molecule has 0 aromatic heterocycles. The number of aromatic hydroxyl groups is 1. The first-order valence-corrected chi connectivity index (χ1v) is 11.3. The van der Waals surface area contributed by atoms with Crippen LogP contribution in [0.1, 0.15) is 22.3 Å². The third kappa shape index (κ3) is 2.91. The third-order valence-electron chi connectivity index (χ3n) is 6.92. The molecule has 0 unspecified atom stereocenters. The summed E-state index contributed by atoms with van der Waals surface area (Å²) >= 11 is 0. The number of nitrogens with two attached hydrogens (primary N) is 2. The van der Waals surface area contributed by atoms with Crippen LogP contribution in [0.5, 0.6) is 5.75 Å². The Morgan fingerprint density at radius 2 is 1.03 bits per heavy atom. The summed E-state index contributed by atoms with van der Waals surface area (Å²) in [6.07, 6.45) is 0. The molecule has 0 radical (unpaired) electrons. The molecule has 34 heavy (non-hydrogen) atoms. The quantitative estimate of drug-likeness (QED) is 0.272. The number of nitrogen functional groups attached to an aromatic ring is 2. The van der Waals surface area contributed by atoms with Crippen LogP contribution in [0.2, 0.25) is 0 Å². The van der Waals surface area contributed by atoms with Gasteiger partial charge in [0.15, 0.2) is 0 Å². The van der Waals surface area contributed by atoms with E-state index in [0.29, 0.717) is 11.4 Å². The lowest BCUT2D eigenvalue weighted by Gasteiger charge is -2.34. The Hall–Kier alpha value is -4.50. The van der Waals surface area contributed by atoms with Crippen molar-refractivity contribution in [1.29, 1.82) is 0 Å². The van der Waals surface area contributed by atoms with Crippen LogP contribution in [-0.4, -0.2) is 5.11 Å². The van der Waals surface area contributed by atoms with Crippen LogP contribution < -0.4 is 11.5 Å². The van der Waals surface area contributed by atoms with E-state index in [2.05, 4.69) is 66.7 Å². The summed E-state index contributed by atoms with van der Waals surface area (Å²) in [5, 5.41) is 10.6. The Kier molecular flexibility index (Phi) is 4.46. The summed E-state index contributed by atoms with van der Waals surface area (Å²) in [6, 6.07) is 38.8. The number of rotatable bonds is 3. The Balaban J connectivity index is 1.75. The van der Waals surface area contributed by atoms with Gasteiger partial charge in [0.1, 0.15) is 5.75 Å². The number of fused-ring (bicyclic) bond motifs is 3. The molecule has 6 rings (SSSR count). The number of hydrogen-bond donors (Lipinski definition) is 3. The van der Waals surface area contributed by atoms with Crippen LogP contribution in [0.3, 0.4) is 0 Å². The van der Waals surface area contributed by atoms with Crippen molar-refractivity contribution in [3.05, 3.63) is 138 Å². The molecule has 1 aliphatic carbocycles. The third-order valence-corrected chi connectivity index (χ3v) is 6.92. The smallest absolute Gasteiger partial charge is 0.115 e. The molecular weight excluding hydrogens is 416 g/mol. The highest BCUT2D eigenvalue weighted by Crippen LogP contribution is 2.57. The Labute approximate surface area is 198 Å². The van der Waals surface area contributed by atoms with Crippen molar-refractivity contribution in [3.63, 3.8) is 0 Å². The maximum absolute atomic E-state index is 10.6. The molecule has 5 N–H and O–H groups in total. The summed E-state index contributed by atoms with van der Waals surface area (Å²) in [6.45, 7) is 0. The predicted octanol–water partition coefficient (Wildman–Crippen LogP) is 6.59. The average molecular weight is 441 g/mol. The second kappa shape index (κ2) is 7.53. The number of hydrogen-bond acceptors (Lipinski definition) is 3. The van der Waals surface area contributed by atoms with E-state index in [1.54, 1.807) is 6.07 Å². The van der Waals surface area contributed by atoms with Crippen molar-refractivity contribution >= 4 is 11.4 Å². The first-order chi connectivity index (χ1) is 16.6. The highest BCUT2D eigenvalue weighted by molar-refractivity contribution is 5.89. The molecular formula is C31H24N2O. The van der Waals surface area contributed by atoms with Gasteiger partial charge in [-0.3, -0.25) is 0 Å². The van der Waals surface area contributed by atoms with Crippen molar-refractivity contribution < 1.29 is 5.11 Å². The number of phenolic OH excluding ortho intramolecular Hbond substituents is 1. The maximum Gasteiger partial charge on any atom is 0.115 e. The lowest BCUT2D eigenvalue weighted by Crippen LogP contribution is -2.28. The maximum atomic E-state index is 10.6. The number of benzene rings is 5. The SMILES string of the molecule is Nc1ccc(C2(c3ccc(N)cc3)c3cc(O)ccc3-c3ccc(-c4ccccc4)cc32)cc1. The molecule has 3 heteroatoms. The minimum Gasteiger partial charge on any atom is -0.508 e. The molecule has 0 spiro atoms. The monoisotopic (exact) mass is 440 g/mol. The van der Waals surface area contributed by atoms with Crippen LogP contribution in [-0.2, 0) is 5.41 Å². The van der Waals surface area contributed by atoms with Gasteiger partial charge in [0.25, 0.3) is 0 Å². The number of anilines is 2. The summed E-state index contributed by atoms with van der Waals surface area (Å²) in [5.74, 6) is 0.241. The van der Waals surface area contributed by atoms with E-state index < -0.39 is 5.41 Å². The average Bonchev–Trinajstić information content (AvgIpc) is 3.15. The molecule has 0 amide bonds. The van der Waals surface area contributed by atoms with Crippen LogP contribution in [0.25, 0.3) is 22.3 Å². The Morgan fingerprint density at radius 1 is 0.500 bits per heavy atom. The van der Waals surface area contributed by atoms with E-state index in [1.807, 2.05) is 42.5 Å². The van der Waals surface area contributed by atoms with Crippen molar-refractivity contribution in [1.82, 2.24) is 0 Å². The predicted molar refractivity (Wildman–Crippen MR) is 140 cm³/mol. The van der Waals surface area contributed by atoms with E-state index >= 15 is 0 Å². The van der Waals surface area contributed by atoms with E-state index in [-0.39, 0.29) is 5.75 Å². The zero-order valence-electron chi connectivity index (χ0n) is 18.6. The van der Waals surface area contributed by atoms with Crippen LogP contribution >= 0.6 is 0 Å². The van der Waals surface area contributed by atoms with Gasteiger partial charge in [0.05, 0.1) is 5.41 Å². The van der Waals surface area contributed by atoms with Gasteiger partial charge < -0.3 is 16.6 Å². The normalized spacial score (nSPS) is 13.3. The molecule has 3 nitrogen and oxygen atoms in total. The zero-order chi connectivity index (χ0) is 23.3. The fourth-order valence-corrected chi connectivity index (χ4v) is 5.38. The van der Waals surface area contributed by atoms with E-state index in [4.69, 9.17) is 11.5 Å². The number of phenols is 1. The molecule has 0 heterocycles. The Morgan fingerprint density at radius 3 is 1.62 bits per heavy atom. The zero-order valence-corrected chi connectivity index (χ0v) is 18.6. The molecule has 0 atom stereocenters. The van der Waals surface area contributed by atoms with Gasteiger partial charge in [0.2, 0.25) is 0 Å². The van der Waals surface area contributed by atoms with Crippen molar-refractivity contribution in [2.75, 3.05) is 11.5 Å². The van der Waals surface area contributed by atoms with E-state index in [1.165, 1.54) is 5.56 Å². The molecule has 0 saturated carbocycles. The van der Waals surface area contributed by atoms with Crippen LogP contribution in [0, 0.1) is 0 Å². The minimum absolute atomic E-state index is 0.241. The van der Waals surface area contributed by atoms with Gasteiger partial charge in [0, 0.05) is 11.4 Å². The second-order valence-electron chi connectivity index (χ2n) is 8.85. The summed E-state index contributed by atoms with van der Waals surface area (Å²) in [7, 11) is 0. The standard InChI is InChI=1S/C31H24N2O/c32-24-11-7-22(8-12-24)31(23-9-13-25(33)14-10-23)29-18-21(20-4-2-1-3-5-20)6-16-27(29)28-17-15-26(34)19-30(28)31/h1-19,34H,32-33H2. The summed E-state index contributed by atoms with van der Waals surface area (Å²) in [4.78, 5) is 0. The van der Waals surface area contributed by atoms with Gasteiger partial charge in [-0.05, 0) is 87.0 Å². The molecule has 1 aliphatic rings. The fraction of sp³-hybridized carbons (Fsp3) is 0.0323. The minimum atomic E-state index is -0.629. The fourth-order valence-electron chi connectivity index (χ4n) is 5.38. The van der Waals surface area contributed by atoms with Gasteiger partial charge in [-0.15, -0.1) is 0 Å². The largest absolute Gasteiger partial charge is 0.508 e. The van der Waals surface area contributed by atoms with Crippen molar-refractivity contribution in [3.8, 4) is 28.0 Å². The van der Waals surface area contributed by atoms with Crippen LogP contribution in [0.4, 0.5) is 11.4 Å². The van der Waals surface area contributed by atoms with Crippen molar-refractivity contribution in [2.45, 2.75) is 5.41 Å². The van der Waals surface area contributed by atoms with Gasteiger partial charge >= 0.3 is 0 Å². The lowest BCUT2D eigenvalue weighted by molar-refractivity contribution is 0.474. The highest BCUT2D eigenvalue weighted by atomic mass is 16.3. The Bertz CT molecular complexity index is 1460. The van der Waals surface area contributed by atoms with Crippen molar-refractivity contribution in [2.24, 2.45) is 0 Å². The van der Waals surface area contributed by atoms with Gasteiger partial charge in [-0.2, -0.15) is 0 Å². The molecule has 0 fully saturated rings. The van der Waals surface area contributed by atoms with E-state index in [9.17, 15) is 5.11 Å². The van der Waals surface area contributed by atoms with Gasteiger partial charge in [-0.25, -0.2) is 0 Å². The first kappa shape index (κ1) is 20.1. The van der Waals surface area contributed by atoms with Crippen LogP contribution in [0.15, 0.2) is 115 Å². The molecule has 0 aliphatic heterocycles. The summed E-state index contributed by atoms with van der Waals surface area (Å²) < 4.78 is 0. The first-order valence-electron chi connectivity index (χ1n) is 11.3. The van der Waals surface area contributed by atoms with E-state index in [0.717, 1.165) is 38.9 Å². The second-order valence-corrected chi connectivity index (χ2v) is 8.85. The molecule has 0 saturated heterocycles.